The molecule has 1 unspecified atom stereocenters. The Hall–Kier alpha value is -0.0400. The van der Waals surface area contributed by atoms with E-state index in [0.29, 0.717) is 17.4 Å². The molecule has 1 spiro atoms. The molecular weight excluding hydrogens is 401 g/mol. The van der Waals surface area contributed by atoms with Crippen molar-refractivity contribution in [3.63, 3.8) is 0 Å². The lowest BCUT2D eigenvalue weighted by molar-refractivity contribution is 0.0257. The van der Waals surface area contributed by atoms with Crippen molar-refractivity contribution in [2.75, 3.05) is 33.3 Å². The quantitative estimate of drug-likeness (QED) is 0.389. The van der Waals surface area contributed by atoms with E-state index in [4.69, 9.17) is 4.74 Å². The second-order valence-electron chi connectivity index (χ2n) is 7.38. The predicted octanol–water partition coefficient (Wildman–Crippen LogP) is 3.90. The first kappa shape index (κ1) is 21.0. The van der Waals surface area contributed by atoms with E-state index in [1.165, 1.54) is 45.2 Å². The first-order valence-electron chi connectivity index (χ1n) is 9.17. The summed E-state index contributed by atoms with van der Waals surface area (Å²) in [6, 6.07) is 0. The molecule has 0 aromatic carbocycles. The lowest BCUT2D eigenvalue weighted by Gasteiger charge is -2.27. The zero-order valence-corrected chi connectivity index (χ0v) is 17.8. The smallest absolute Gasteiger partial charge is 0.193 e. The highest BCUT2D eigenvalue weighted by molar-refractivity contribution is 14.0. The van der Waals surface area contributed by atoms with Crippen molar-refractivity contribution in [1.29, 1.82) is 0 Å². The van der Waals surface area contributed by atoms with Gasteiger partial charge in [-0.15, -0.1) is 24.0 Å². The number of halogens is 1. The average Bonchev–Trinajstić information content (AvgIpc) is 3.13. The van der Waals surface area contributed by atoms with Crippen molar-refractivity contribution >= 4 is 29.9 Å². The molecule has 0 radical (unpaired) electrons. The van der Waals surface area contributed by atoms with Crippen molar-refractivity contribution in [3.8, 4) is 0 Å². The number of nitrogens with zero attached hydrogens (tertiary/aromatic N) is 2. The van der Waals surface area contributed by atoms with Crippen LogP contribution in [0.4, 0.5) is 0 Å². The number of ether oxygens (including phenoxy) is 1. The van der Waals surface area contributed by atoms with Gasteiger partial charge in [-0.25, -0.2) is 0 Å². The van der Waals surface area contributed by atoms with E-state index in [9.17, 15) is 0 Å². The molecule has 2 aliphatic rings. The first-order chi connectivity index (χ1) is 10.6. The fourth-order valence-corrected chi connectivity index (χ4v) is 4.13. The van der Waals surface area contributed by atoms with Gasteiger partial charge < -0.3 is 15.0 Å². The second-order valence-corrected chi connectivity index (χ2v) is 7.38. The van der Waals surface area contributed by atoms with Gasteiger partial charge >= 0.3 is 0 Å². The molecule has 1 saturated carbocycles. The monoisotopic (exact) mass is 437 g/mol. The maximum atomic E-state index is 5.83. The first-order valence-corrected chi connectivity index (χ1v) is 9.17. The van der Waals surface area contributed by atoms with Crippen molar-refractivity contribution in [1.82, 2.24) is 10.2 Å². The van der Waals surface area contributed by atoms with Gasteiger partial charge in [-0.2, -0.15) is 0 Å². The SMILES string of the molecule is CCOC(CCNC(=NC)N1CCC2(CCCC2)C1)C(C)C.I. The Morgan fingerprint density at radius 2 is 1.96 bits per heavy atom. The molecule has 1 aliphatic heterocycles. The third-order valence-corrected chi connectivity index (χ3v) is 5.45. The molecule has 2 rings (SSSR count). The van der Waals surface area contributed by atoms with Crippen LogP contribution in [-0.4, -0.2) is 50.3 Å². The normalized spacial score (nSPS) is 21.8. The summed E-state index contributed by atoms with van der Waals surface area (Å²) in [4.78, 5) is 6.97. The van der Waals surface area contributed by atoms with Gasteiger partial charge in [0.15, 0.2) is 5.96 Å². The zero-order chi connectivity index (χ0) is 16.0. The Morgan fingerprint density at radius 3 is 2.52 bits per heavy atom. The number of nitrogens with one attached hydrogen (secondary N) is 1. The highest BCUT2D eigenvalue weighted by Gasteiger charge is 2.41. The summed E-state index contributed by atoms with van der Waals surface area (Å²) >= 11 is 0. The summed E-state index contributed by atoms with van der Waals surface area (Å²) in [6.07, 6.45) is 8.41. The van der Waals surface area contributed by atoms with Crippen LogP contribution in [0.15, 0.2) is 4.99 Å². The van der Waals surface area contributed by atoms with Crippen LogP contribution in [0.5, 0.6) is 0 Å². The Balaban J connectivity index is 0.00000264. The molecule has 136 valence electrons. The van der Waals surface area contributed by atoms with Gasteiger partial charge in [-0.05, 0) is 43.9 Å². The third kappa shape index (κ3) is 5.76. The van der Waals surface area contributed by atoms with Gasteiger partial charge in [0.1, 0.15) is 0 Å². The van der Waals surface area contributed by atoms with E-state index < -0.39 is 0 Å². The second kappa shape index (κ2) is 10.1. The predicted molar refractivity (Wildman–Crippen MR) is 109 cm³/mol. The zero-order valence-electron chi connectivity index (χ0n) is 15.4. The van der Waals surface area contributed by atoms with Gasteiger partial charge in [0.05, 0.1) is 6.10 Å². The van der Waals surface area contributed by atoms with Crippen LogP contribution in [0.1, 0.15) is 59.3 Å². The van der Waals surface area contributed by atoms with Crippen LogP contribution in [-0.2, 0) is 4.74 Å². The number of likely N-dealkylation sites (tertiary alicyclic amines) is 1. The van der Waals surface area contributed by atoms with Crippen molar-refractivity contribution < 1.29 is 4.74 Å². The molecule has 1 saturated heterocycles. The van der Waals surface area contributed by atoms with E-state index >= 15 is 0 Å². The Morgan fingerprint density at radius 1 is 1.26 bits per heavy atom. The Labute approximate surface area is 159 Å². The van der Waals surface area contributed by atoms with E-state index in [1.807, 2.05) is 7.05 Å². The summed E-state index contributed by atoms with van der Waals surface area (Å²) in [5.74, 6) is 1.65. The summed E-state index contributed by atoms with van der Waals surface area (Å²) in [7, 11) is 1.91. The molecule has 0 aromatic rings. The highest BCUT2D eigenvalue weighted by atomic mass is 127. The lowest BCUT2D eigenvalue weighted by atomic mass is 9.86. The van der Waals surface area contributed by atoms with Gasteiger partial charge in [0.2, 0.25) is 0 Å². The van der Waals surface area contributed by atoms with Crippen LogP contribution >= 0.6 is 24.0 Å². The molecular formula is C18H36IN3O. The maximum absolute atomic E-state index is 5.83. The van der Waals surface area contributed by atoms with E-state index in [-0.39, 0.29) is 24.0 Å². The highest BCUT2D eigenvalue weighted by Crippen LogP contribution is 2.45. The third-order valence-electron chi connectivity index (χ3n) is 5.45. The summed E-state index contributed by atoms with van der Waals surface area (Å²) in [5.41, 5.74) is 0.601. The van der Waals surface area contributed by atoms with Crippen LogP contribution in [0.3, 0.4) is 0 Å². The van der Waals surface area contributed by atoms with E-state index in [2.05, 4.69) is 36.0 Å². The lowest BCUT2D eigenvalue weighted by Crippen LogP contribution is -2.42. The average molecular weight is 437 g/mol. The fraction of sp³-hybridized carbons (Fsp3) is 0.944. The number of aliphatic imine (C=N–C) groups is 1. The van der Waals surface area contributed by atoms with E-state index in [1.54, 1.807) is 0 Å². The number of hydrogen-bond donors (Lipinski definition) is 1. The number of guanidine groups is 1. The minimum absolute atomic E-state index is 0. The van der Waals surface area contributed by atoms with Crippen molar-refractivity contribution in [2.45, 2.75) is 65.4 Å². The van der Waals surface area contributed by atoms with Crippen LogP contribution < -0.4 is 5.32 Å². The van der Waals surface area contributed by atoms with E-state index in [0.717, 1.165) is 25.5 Å². The van der Waals surface area contributed by atoms with Crippen LogP contribution in [0.2, 0.25) is 0 Å². The molecule has 23 heavy (non-hydrogen) atoms. The van der Waals surface area contributed by atoms with Crippen molar-refractivity contribution in [2.24, 2.45) is 16.3 Å². The molecule has 2 fully saturated rings. The maximum Gasteiger partial charge on any atom is 0.193 e. The molecule has 0 bridgehead atoms. The van der Waals surface area contributed by atoms with Crippen LogP contribution in [0, 0.1) is 11.3 Å². The summed E-state index contributed by atoms with van der Waals surface area (Å²) < 4.78 is 5.83. The topological polar surface area (TPSA) is 36.9 Å². The van der Waals surface area contributed by atoms with Gasteiger partial charge in [-0.1, -0.05) is 26.7 Å². The van der Waals surface area contributed by atoms with Gasteiger partial charge in [0, 0.05) is 33.3 Å². The molecule has 1 aliphatic carbocycles. The molecule has 0 aromatic heterocycles. The largest absolute Gasteiger partial charge is 0.378 e. The summed E-state index contributed by atoms with van der Waals surface area (Å²) in [6.45, 7) is 10.7. The van der Waals surface area contributed by atoms with Crippen molar-refractivity contribution in [3.05, 3.63) is 0 Å². The molecule has 1 N–H and O–H groups in total. The number of rotatable bonds is 6. The minimum atomic E-state index is 0. The Kier molecular flexibility index (Phi) is 9.19. The molecule has 4 nitrogen and oxygen atoms in total. The Bertz CT molecular complexity index is 367. The molecule has 1 heterocycles. The van der Waals surface area contributed by atoms with Gasteiger partial charge in [-0.3, -0.25) is 4.99 Å². The molecule has 0 amide bonds. The molecule has 1 atom stereocenters. The summed E-state index contributed by atoms with van der Waals surface area (Å²) in [5, 5.41) is 3.56. The van der Waals surface area contributed by atoms with Gasteiger partial charge in [0.25, 0.3) is 0 Å². The minimum Gasteiger partial charge on any atom is -0.378 e. The fourth-order valence-electron chi connectivity index (χ4n) is 4.13. The number of hydrogen-bond acceptors (Lipinski definition) is 2. The standard InChI is InChI=1S/C18H35N3O.HI/c1-5-22-16(15(2)3)8-12-20-17(19-4)21-13-11-18(14-21)9-6-7-10-18;/h15-16H,5-14H2,1-4H3,(H,19,20);1H. The molecule has 5 heteroatoms. The van der Waals surface area contributed by atoms with Crippen LogP contribution in [0.25, 0.3) is 0 Å².